The minimum atomic E-state index is -0.00827. The standard InChI is InChI=1S/C13H8Cl2OS/c14-10-5-3-9(8-11(10)15)4-6-12(16)13-2-1-7-17-13/h1-8H/b6-4-. The normalized spacial score (nSPS) is 10.9. The molecule has 86 valence electrons. The third-order valence-corrected chi connectivity index (χ3v) is 3.76. The number of benzene rings is 1. The van der Waals surface area contributed by atoms with Gasteiger partial charge in [0.25, 0.3) is 0 Å². The first-order valence-electron chi connectivity index (χ1n) is 4.88. The summed E-state index contributed by atoms with van der Waals surface area (Å²) in [6.07, 6.45) is 3.26. The highest BCUT2D eigenvalue weighted by atomic mass is 35.5. The molecule has 2 rings (SSSR count). The van der Waals surface area contributed by atoms with E-state index in [1.807, 2.05) is 17.5 Å². The van der Waals surface area contributed by atoms with Crippen LogP contribution in [0.15, 0.2) is 41.8 Å². The first-order chi connectivity index (χ1) is 8.16. The van der Waals surface area contributed by atoms with Crippen molar-refractivity contribution in [3.63, 3.8) is 0 Å². The molecule has 17 heavy (non-hydrogen) atoms. The fourth-order valence-corrected chi connectivity index (χ4v) is 2.24. The van der Waals surface area contributed by atoms with Gasteiger partial charge in [-0.2, -0.15) is 0 Å². The SMILES string of the molecule is O=C(/C=C\c1ccc(Cl)c(Cl)c1)c1cccs1. The molecule has 2 aromatic rings. The summed E-state index contributed by atoms with van der Waals surface area (Å²) in [4.78, 5) is 12.4. The van der Waals surface area contributed by atoms with Gasteiger partial charge in [-0.15, -0.1) is 11.3 Å². The number of carbonyl (C=O) groups excluding carboxylic acids is 1. The fraction of sp³-hybridized carbons (Fsp3) is 0. The Hall–Kier alpha value is -1.09. The van der Waals surface area contributed by atoms with Crippen molar-refractivity contribution in [1.29, 1.82) is 0 Å². The second-order valence-corrected chi connectivity index (χ2v) is 5.11. The molecule has 1 heterocycles. The Morgan fingerprint density at radius 2 is 2.00 bits per heavy atom. The molecule has 0 spiro atoms. The molecule has 0 bridgehead atoms. The van der Waals surface area contributed by atoms with Crippen LogP contribution in [0, 0.1) is 0 Å². The lowest BCUT2D eigenvalue weighted by Gasteiger charge is -1.97. The highest BCUT2D eigenvalue weighted by Gasteiger charge is 2.02. The Morgan fingerprint density at radius 3 is 2.65 bits per heavy atom. The summed E-state index contributed by atoms with van der Waals surface area (Å²) >= 11 is 13.1. The monoisotopic (exact) mass is 282 g/mol. The molecule has 0 unspecified atom stereocenters. The summed E-state index contributed by atoms with van der Waals surface area (Å²) in [5, 5.41) is 2.87. The third-order valence-electron chi connectivity index (χ3n) is 2.13. The maximum atomic E-state index is 11.7. The van der Waals surface area contributed by atoms with Crippen molar-refractivity contribution in [2.75, 3.05) is 0 Å². The zero-order valence-electron chi connectivity index (χ0n) is 8.69. The Bertz CT molecular complexity index is 559. The van der Waals surface area contributed by atoms with Crippen molar-refractivity contribution in [2.45, 2.75) is 0 Å². The lowest BCUT2D eigenvalue weighted by Crippen LogP contribution is -1.88. The number of thiophene rings is 1. The molecule has 0 fully saturated rings. The highest BCUT2D eigenvalue weighted by molar-refractivity contribution is 7.12. The van der Waals surface area contributed by atoms with E-state index in [0.29, 0.717) is 10.0 Å². The van der Waals surface area contributed by atoms with Crippen LogP contribution in [-0.2, 0) is 0 Å². The van der Waals surface area contributed by atoms with Crippen LogP contribution in [0.5, 0.6) is 0 Å². The van der Waals surface area contributed by atoms with E-state index in [9.17, 15) is 4.79 Å². The largest absolute Gasteiger partial charge is 0.288 e. The van der Waals surface area contributed by atoms with Gasteiger partial charge in [0.15, 0.2) is 5.78 Å². The van der Waals surface area contributed by atoms with Crippen LogP contribution in [0.4, 0.5) is 0 Å². The number of hydrogen-bond donors (Lipinski definition) is 0. The van der Waals surface area contributed by atoms with Gasteiger partial charge in [-0.3, -0.25) is 4.79 Å². The third kappa shape index (κ3) is 3.19. The fourth-order valence-electron chi connectivity index (χ4n) is 1.29. The topological polar surface area (TPSA) is 17.1 Å². The molecule has 0 aliphatic rings. The van der Waals surface area contributed by atoms with Crippen LogP contribution in [0.25, 0.3) is 6.08 Å². The van der Waals surface area contributed by atoms with E-state index in [0.717, 1.165) is 10.4 Å². The lowest BCUT2D eigenvalue weighted by atomic mass is 10.2. The smallest absolute Gasteiger partial charge is 0.195 e. The molecular weight excluding hydrogens is 275 g/mol. The maximum Gasteiger partial charge on any atom is 0.195 e. The first kappa shape index (κ1) is 12.4. The molecule has 1 aromatic carbocycles. The van der Waals surface area contributed by atoms with Crippen molar-refractivity contribution in [2.24, 2.45) is 0 Å². The average Bonchev–Trinajstić information content (AvgIpc) is 2.84. The Kier molecular flexibility index (Phi) is 4.00. The number of hydrogen-bond acceptors (Lipinski definition) is 2. The van der Waals surface area contributed by atoms with E-state index in [4.69, 9.17) is 23.2 Å². The molecule has 0 aliphatic heterocycles. The van der Waals surface area contributed by atoms with Gasteiger partial charge in [-0.25, -0.2) is 0 Å². The van der Waals surface area contributed by atoms with Crippen LogP contribution in [0.1, 0.15) is 15.2 Å². The predicted molar refractivity (Wildman–Crippen MR) is 74.1 cm³/mol. The Balaban J connectivity index is 2.15. The van der Waals surface area contributed by atoms with E-state index in [-0.39, 0.29) is 5.78 Å². The molecule has 1 aromatic heterocycles. The summed E-state index contributed by atoms with van der Waals surface area (Å²) in [6, 6.07) is 8.89. The van der Waals surface area contributed by atoms with Gasteiger partial charge in [0.2, 0.25) is 0 Å². The summed E-state index contributed by atoms with van der Waals surface area (Å²) in [5.74, 6) is -0.00827. The van der Waals surface area contributed by atoms with Gasteiger partial charge in [-0.05, 0) is 35.2 Å². The molecule has 0 atom stereocenters. The molecule has 0 aliphatic carbocycles. The summed E-state index contributed by atoms with van der Waals surface area (Å²) in [6.45, 7) is 0. The molecule has 0 amide bonds. The molecule has 0 radical (unpaired) electrons. The minimum absolute atomic E-state index is 0.00827. The molecule has 0 N–H and O–H groups in total. The van der Waals surface area contributed by atoms with Gasteiger partial charge in [0.05, 0.1) is 14.9 Å². The number of allylic oxidation sites excluding steroid dienone is 1. The summed E-state index contributed by atoms with van der Waals surface area (Å²) in [5.41, 5.74) is 0.851. The lowest BCUT2D eigenvalue weighted by molar-refractivity contribution is 0.105. The zero-order chi connectivity index (χ0) is 12.3. The second kappa shape index (κ2) is 5.50. The van der Waals surface area contributed by atoms with Gasteiger partial charge >= 0.3 is 0 Å². The van der Waals surface area contributed by atoms with Gasteiger partial charge in [-0.1, -0.05) is 41.4 Å². The van der Waals surface area contributed by atoms with Crippen LogP contribution in [0.3, 0.4) is 0 Å². The molecule has 0 saturated carbocycles. The van der Waals surface area contributed by atoms with E-state index >= 15 is 0 Å². The average molecular weight is 283 g/mol. The second-order valence-electron chi connectivity index (χ2n) is 3.35. The van der Waals surface area contributed by atoms with E-state index in [1.165, 1.54) is 17.4 Å². The van der Waals surface area contributed by atoms with Crippen molar-refractivity contribution in [3.05, 3.63) is 62.3 Å². The van der Waals surface area contributed by atoms with Gasteiger partial charge in [0, 0.05) is 0 Å². The number of ketones is 1. The molecule has 1 nitrogen and oxygen atoms in total. The number of rotatable bonds is 3. The van der Waals surface area contributed by atoms with E-state index < -0.39 is 0 Å². The van der Waals surface area contributed by atoms with Crippen LogP contribution in [-0.4, -0.2) is 5.78 Å². The number of halogens is 2. The molecule has 4 heteroatoms. The van der Waals surface area contributed by atoms with E-state index in [1.54, 1.807) is 24.3 Å². The maximum absolute atomic E-state index is 11.7. The Labute approximate surface area is 113 Å². The van der Waals surface area contributed by atoms with Crippen LogP contribution >= 0.6 is 34.5 Å². The minimum Gasteiger partial charge on any atom is -0.288 e. The number of carbonyl (C=O) groups is 1. The highest BCUT2D eigenvalue weighted by Crippen LogP contribution is 2.23. The molecular formula is C13H8Cl2OS. The summed E-state index contributed by atoms with van der Waals surface area (Å²) < 4.78 is 0. The Morgan fingerprint density at radius 1 is 1.18 bits per heavy atom. The zero-order valence-corrected chi connectivity index (χ0v) is 11.0. The quantitative estimate of drug-likeness (QED) is 0.575. The summed E-state index contributed by atoms with van der Waals surface area (Å²) in [7, 11) is 0. The van der Waals surface area contributed by atoms with Crippen molar-refractivity contribution < 1.29 is 4.79 Å². The van der Waals surface area contributed by atoms with Gasteiger partial charge < -0.3 is 0 Å². The van der Waals surface area contributed by atoms with Gasteiger partial charge in [0.1, 0.15) is 0 Å². The predicted octanol–water partition coefficient (Wildman–Crippen LogP) is 4.95. The van der Waals surface area contributed by atoms with Crippen LogP contribution in [0.2, 0.25) is 10.0 Å². The van der Waals surface area contributed by atoms with Crippen LogP contribution < -0.4 is 0 Å². The first-order valence-corrected chi connectivity index (χ1v) is 6.51. The van der Waals surface area contributed by atoms with E-state index in [2.05, 4.69) is 0 Å². The van der Waals surface area contributed by atoms with Crippen molar-refractivity contribution in [1.82, 2.24) is 0 Å². The van der Waals surface area contributed by atoms with Crippen molar-refractivity contribution in [3.8, 4) is 0 Å². The molecule has 0 saturated heterocycles. The van der Waals surface area contributed by atoms with Crippen molar-refractivity contribution >= 4 is 46.4 Å².